The SMILES string of the molecule is COC(=O)[C@]1(N)CC12CCC2. The summed E-state index contributed by atoms with van der Waals surface area (Å²) in [7, 11) is 1.40. The number of carbonyl (C=O) groups excluding carboxylic acids is 1. The van der Waals surface area contributed by atoms with Crippen LogP contribution in [-0.4, -0.2) is 18.6 Å². The molecule has 3 nitrogen and oxygen atoms in total. The van der Waals surface area contributed by atoms with E-state index in [9.17, 15) is 4.79 Å². The van der Waals surface area contributed by atoms with Gasteiger partial charge in [-0.2, -0.15) is 0 Å². The molecule has 0 saturated heterocycles. The molecule has 0 aromatic carbocycles. The van der Waals surface area contributed by atoms with Gasteiger partial charge in [-0.05, 0) is 19.3 Å². The van der Waals surface area contributed by atoms with Gasteiger partial charge >= 0.3 is 5.97 Å². The molecule has 1 spiro atoms. The zero-order valence-corrected chi connectivity index (χ0v) is 6.72. The minimum atomic E-state index is -0.611. The monoisotopic (exact) mass is 155 g/mol. The number of rotatable bonds is 1. The molecule has 2 saturated carbocycles. The lowest BCUT2D eigenvalue weighted by atomic mass is 9.78. The lowest BCUT2D eigenvalue weighted by Crippen LogP contribution is -2.42. The highest BCUT2D eigenvalue weighted by atomic mass is 16.5. The first-order chi connectivity index (χ1) is 5.15. The predicted molar refractivity (Wildman–Crippen MR) is 39.8 cm³/mol. The zero-order valence-electron chi connectivity index (χ0n) is 6.72. The largest absolute Gasteiger partial charge is 0.468 e. The third kappa shape index (κ3) is 0.644. The molecule has 0 aliphatic heterocycles. The van der Waals surface area contributed by atoms with Crippen LogP contribution >= 0.6 is 0 Å². The number of methoxy groups -OCH3 is 1. The fourth-order valence-corrected chi connectivity index (χ4v) is 2.19. The average Bonchev–Trinajstić information content (AvgIpc) is 2.56. The van der Waals surface area contributed by atoms with Crippen LogP contribution in [0.15, 0.2) is 0 Å². The molecule has 1 atom stereocenters. The van der Waals surface area contributed by atoms with E-state index in [-0.39, 0.29) is 11.4 Å². The number of carbonyl (C=O) groups is 1. The van der Waals surface area contributed by atoms with Crippen molar-refractivity contribution in [2.45, 2.75) is 31.2 Å². The molecule has 0 radical (unpaired) electrons. The molecule has 0 aromatic rings. The van der Waals surface area contributed by atoms with E-state index in [0.29, 0.717) is 0 Å². The van der Waals surface area contributed by atoms with Crippen LogP contribution in [0, 0.1) is 5.41 Å². The number of hydrogen-bond acceptors (Lipinski definition) is 3. The molecule has 2 aliphatic rings. The van der Waals surface area contributed by atoms with Crippen molar-refractivity contribution in [1.82, 2.24) is 0 Å². The van der Waals surface area contributed by atoms with Crippen LogP contribution in [0.3, 0.4) is 0 Å². The molecule has 11 heavy (non-hydrogen) atoms. The van der Waals surface area contributed by atoms with Crippen molar-refractivity contribution >= 4 is 5.97 Å². The van der Waals surface area contributed by atoms with E-state index in [4.69, 9.17) is 5.73 Å². The molecule has 0 amide bonds. The fraction of sp³-hybridized carbons (Fsp3) is 0.875. The number of nitrogens with two attached hydrogens (primary N) is 1. The summed E-state index contributed by atoms with van der Waals surface area (Å²) in [5.41, 5.74) is 5.41. The minimum absolute atomic E-state index is 0.153. The maximum absolute atomic E-state index is 11.2. The van der Waals surface area contributed by atoms with E-state index in [2.05, 4.69) is 4.74 Å². The van der Waals surface area contributed by atoms with Crippen LogP contribution in [0.25, 0.3) is 0 Å². The third-order valence-electron chi connectivity index (χ3n) is 3.30. The van der Waals surface area contributed by atoms with E-state index < -0.39 is 5.54 Å². The van der Waals surface area contributed by atoms with Crippen molar-refractivity contribution < 1.29 is 9.53 Å². The first-order valence-corrected chi connectivity index (χ1v) is 4.02. The molecule has 62 valence electrons. The number of ether oxygens (including phenoxy) is 1. The zero-order chi connectivity index (χ0) is 8.11. The minimum Gasteiger partial charge on any atom is -0.468 e. The van der Waals surface area contributed by atoms with Crippen LogP contribution in [0.4, 0.5) is 0 Å². The maximum atomic E-state index is 11.2. The highest BCUT2D eigenvalue weighted by Crippen LogP contribution is 2.67. The highest BCUT2D eigenvalue weighted by Gasteiger charge is 2.72. The van der Waals surface area contributed by atoms with Gasteiger partial charge in [-0.15, -0.1) is 0 Å². The Morgan fingerprint density at radius 3 is 2.45 bits per heavy atom. The van der Waals surface area contributed by atoms with E-state index in [0.717, 1.165) is 19.3 Å². The first kappa shape index (κ1) is 7.10. The Morgan fingerprint density at radius 1 is 1.55 bits per heavy atom. The van der Waals surface area contributed by atoms with E-state index >= 15 is 0 Å². The van der Waals surface area contributed by atoms with Gasteiger partial charge in [-0.25, -0.2) is 0 Å². The second kappa shape index (κ2) is 1.78. The summed E-state index contributed by atoms with van der Waals surface area (Å²) in [6, 6.07) is 0. The van der Waals surface area contributed by atoms with E-state index in [1.165, 1.54) is 13.5 Å². The predicted octanol–water partition coefficient (Wildman–Crippen LogP) is 0.431. The lowest BCUT2D eigenvalue weighted by molar-refractivity contribution is -0.145. The molecule has 2 fully saturated rings. The lowest BCUT2D eigenvalue weighted by Gasteiger charge is -2.29. The van der Waals surface area contributed by atoms with Gasteiger partial charge in [-0.3, -0.25) is 4.79 Å². The van der Waals surface area contributed by atoms with E-state index in [1.807, 2.05) is 0 Å². The fourth-order valence-electron chi connectivity index (χ4n) is 2.19. The van der Waals surface area contributed by atoms with Crippen molar-refractivity contribution in [2.75, 3.05) is 7.11 Å². The van der Waals surface area contributed by atoms with Crippen molar-refractivity contribution in [3.05, 3.63) is 0 Å². The Morgan fingerprint density at radius 2 is 2.18 bits per heavy atom. The Labute approximate surface area is 65.9 Å². The summed E-state index contributed by atoms with van der Waals surface area (Å²) in [6.07, 6.45) is 4.28. The van der Waals surface area contributed by atoms with Gasteiger partial charge in [0.25, 0.3) is 0 Å². The van der Waals surface area contributed by atoms with Gasteiger partial charge in [0.05, 0.1) is 7.11 Å². The smallest absolute Gasteiger partial charge is 0.326 e. The van der Waals surface area contributed by atoms with Crippen molar-refractivity contribution in [1.29, 1.82) is 0 Å². The molecule has 0 aromatic heterocycles. The average molecular weight is 155 g/mol. The summed E-state index contributed by atoms with van der Waals surface area (Å²) in [5, 5.41) is 0. The Kier molecular flexibility index (Phi) is 1.15. The van der Waals surface area contributed by atoms with Crippen molar-refractivity contribution in [3.8, 4) is 0 Å². The Bertz CT molecular complexity index is 210. The summed E-state index contributed by atoms with van der Waals surface area (Å²) in [4.78, 5) is 11.2. The molecule has 2 aliphatic carbocycles. The van der Waals surface area contributed by atoms with Crippen LogP contribution in [-0.2, 0) is 9.53 Å². The van der Waals surface area contributed by atoms with Crippen molar-refractivity contribution in [3.63, 3.8) is 0 Å². The summed E-state index contributed by atoms with van der Waals surface area (Å²) in [5.74, 6) is -0.225. The molecular formula is C8H13NO2. The number of esters is 1. The molecule has 0 unspecified atom stereocenters. The second-order valence-electron chi connectivity index (χ2n) is 3.77. The van der Waals surface area contributed by atoms with Gasteiger partial charge in [0.2, 0.25) is 0 Å². The van der Waals surface area contributed by atoms with Gasteiger partial charge in [0, 0.05) is 5.41 Å². The van der Waals surface area contributed by atoms with Gasteiger partial charge < -0.3 is 10.5 Å². The Balaban J connectivity index is 2.10. The summed E-state index contributed by atoms with van der Waals surface area (Å²) < 4.78 is 4.64. The molecular weight excluding hydrogens is 142 g/mol. The van der Waals surface area contributed by atoms with Gasteiger partial charge in [-0.1, -0.05) is 6.42 Å². The highest BCUT2D eigenvalue weighted by molar-refractivity contribution is 5.86. The third-order valence-corrected chi connectivity index (χ3v) is 3.30. The molecule has 2 rings (SSSR count). The second-order valence-corrected chi connectivity index (χ2v) is 3.77. The summed E-state index contributed by atoms with van der Waals surface area (Å²) >= 11 is 0. The van der Waals surface area contributed by atoms with Gasteiger partial charge in [0.1, 0.15) is 5.54 Å². The topological polar surface area (TPSA) is 52.3 Å². The summed E-state index contributed by atoms with van der Waals surface area (Å²) in [6.45, 7) is 0. The maximum Gasteiger partial charge on any atom is 0.326 e. The molecule has 0 heterocycles. The first-order valence-electron chi connectivity index (χ1n) is 4.02. The normalized spacial score (nSPS) is 38.0. The van der Waals surface area contributed by atoms with Crippen LogP contribution < -0.4 is 5.73 Å². The van der Waals surface area contributed by atoms with Crippen molar-refractivity contribution in [2.24, 2.45) is 11.1 Å². The molecule has 3 heteroatoms. The van der Waals surface area contributed by atoms with E-state index in [1.54, 1.807) is 0 Å². The van der Waals surface area contributed by atoms with Crippen LogP contribution in [0.5, 0.6) is 0 Å². The molecule has 2 N–H and O–H groups in total. The standard InChI is InChI=1S/C8H13NO2/c1-11-6(10)8(9)5-7(8)3-2-4-7/h2-5,9H2,1H3/t8-/m1/s1. The van der Waals surface area contributed by atoms with Crippen LogP contribution in [0.2, 0.25) is 0 Å². The van der Waals surface area contributed by atoms with Gasteiger partial charge in [0.15, 0.2) is 0 Å². The molecule has 0 bridgehead atoms. The quantitative estimate of drug-likeness (QED) is 0.559. The Hall–Kier alpha value is -0.570. The van der Waals surface area contributed by atoms with Crippen LogP contribution in [0.1, 0.15) is 25.7 Å². The number of hydrogen-bond donors (Lipinski definition) is 1.